The SMILES string of the molecule is COc1cccc(CN2CCC(CCC(=O)c3nn(C)c4ccccc34)CC2)c1. The number of ketones is 1. The van der Waals surface area contributed by atoms with Gasteiger partial charge in [-0.3, -0.25) is 14.4 Å². The van der Waals surface area contributed by atoms with Crippen LogP contribution in [0.25, 0.3) is 10.9 Å². The van der Waals surface area contributed by atoms with Crippen molar-refractivity contribution < 1.29 is 9.53 Å². The summed E-state index contributed by atoms with van der Waals surface area (Å²) in [5, 5.41) is 5.44. The van der Waals surface area contributed by atoms with Crippen molar-refractivity contribution in [3.63, 3.8) is 0 Å². The van der Waals surface area contributed by atoms with Gasteiger partial charge < -0.3 is 4.74 Å². The topological polar surface area (TPSA) is 47.4 Å². The van der Waals surface area contributed by atoms with Gasteiger partial charge in [-0.1, -0.05) is 30.3 Å². The average Bonchev–Trinajstić information content (AvgIpc) is 3.10. The van der Waals surface area contributed by atoms with Gasteiger partial charge in [0.2, 0.25) is 0 Å². The second-order valence-corrected chi connectivity index (χ2v) is 8.02. The number of carbonyl (C=O) groups is 1. The summed E-state index contributed by atoms with van der Waals surface area (Å²) in [6.07, 6.45) is 3.85. The molecule has 29 heavy (non-hydrogen) atoms. The van der Waals surface area contributed by atoms with Crippen molar-refractivity contribution in [2.24, 2.45) is 13.0 Å². The molecule has 2 heterocycles. The zero-order valence-electron chi connectivity index (χ0n) is 17.3. The van der Waals surface area contributed by atoms with E-state index >= 15 is 0 Å². The number of piperidine rings is 1. The van der Waals surface area contributed by atoms with Crippen LogP contribution in [0.15, 0.2) is 48.5 Å². The number of hydrogen-bond acceptors (Lipinski definition) is 4. The van der Waals surface area contributed by atoms with Crippen molar-refractivity contribution in [2.75, 3.05) is 20.2 Å². The van der Waals surface area contributed by atoms with Gasteiger partial charge in [0.05, 0.1) is 12.6 Å². The van der Waals surface area contributed by atoms with Gasteiger partial charge in [0, 0.05) is 25.4 Å². The highest BCUT2D eigenvalue weighted by atomic mass is 16.5. The number of benzene rings is 2. The number of para-hydroxylation sites is 1. The summed E-state index contributed by atoms with van der Waals surface area (Å²) in [7, 11) is 3.61. The molecule has 0 aliphatic carbocycles. The molecule has 1 fully saturated rings. The van der Waals surface area contributed by atoms with Gasteiger partial charge in [0.15, 0.2) is 5.78 Å². The first kappa shape index (κ1) is 19.6. The molecule has 5 nitrogen and oxygen atoms in total. The number of aryl methyl sites for hydroxylation is 1. The standard InChI is InChI=1S/C24H29N3O2/c1-26-22-9-4-3-8-21(22)24(25-26)23(28)11-10-18-12-14-27(15-13-18)17-19-6-5-7-20(16-19)29-2/h3-9,16,18H,10-15,17H2,1-2H3. The van der Waals surface area contributed by atoms with Crippen molar-refractivity contribution in [2.45, 2.75) is 32.2 Å². The van der Waals surface area contributed by atoms with Crippen LogP contribution >= 0.6 is 0 Å². The summed E-state index contributed by atoms with van der Waals surface area (Å²) >= 11 is 0. The molecule has 1 aromatic heterocycles. The minimum Gasteiger partial charge on any atom is -0.497 e. The monoisotopic (exact) mass is 391 g/mol. The van der Waals surface area contributed by atoms with Crippen LogP contribution in [0.1, 0.15) is 41.7 Å². The normalized spacial score (nSPS) is 15.7. The fourth-order valence-corrected chi connectivity index (χ4v) is 4.34. The third kappa shape index (κ3) is 4.51. The van der Waals surface area contributed by atoms with Gasteiger partial charge in [0.1, 0.15) is 11.4 Å². The molecule has 4 rings (SSSR count). The van der Waals surface area contributed by atoms with E-state index in [-0.39, 0.29) is 5.78 Å². The van der Waals surface area contributed by atoms with Crippen LogP contribution < -0.4 is 4.74 Å². The molecule has 152 valence electrons. The van der Waals surface area contributed by atoms with Gasteiger partial charge in [-0.2, -0.15) is 5.10 Å². The summed E-state index contributed by atoms with van der Waals surface area (Å²) in [5.74, 6) is 1.70. The van der Waals surface area contributed by atoms with Crippen molar-refractivity contribution in [1.29, 1.82) is 0 Å². The van der Waals surface area contributed by atoms with Gasteiger partial charge >= 0.3 is 0 Å². The van der Waals surface area contributed by atoms with Crippen LogP contribution in [0.4, 0.5) is 0 Å². The minimum atomic E-state index is 0.167. The quantitative estimate of drug-likeness (QED) is 0.558. The van der Waals surface area contributed by atoms with E-state index in [1.807, 2.05) is 43.4 Å². The molecule has 0 atom stereocenters. The van der Waals surface area contributed by atoms with Gasteiger partial charge in [-0.25, -0.2) is 0 Å². The Morgan fingerprint density at radius 1 is 1.14 bits per heavy atom. The largest absolute Gasteiger partial charge is 0.497 e. The van der Waals surface area contributed by atoms with Crippen molar-refractivity contribution in [3.05, 3.63) is 59.8 Å². The zero-order chi connectivity index (χ0) is 20.2. The molecule has 0 spiro atoms. The smallest absolute Gasteiger partial charge is 0.183 e. The molecule has 1 saturated heterocycles. The molecule has 0 amide bonds. The predicted molar refractivity (Wildman–Crippen MR) is 115 cm³/mol. The summed E-state index contributed by atoms with van der Waals surface area (Å²) in [4.78, 5) is 15.3. The lowest BCUT2D eigenvalue weighted by Gasteiger charge is -2.32. The van der Waals surface area contributed by atoms with Crippen LogP contribution in [-0.4, -0.2) is 40.7 Å². The van der Waals surface area contributed by atoms with Crippen LogP contribution in [0.5, 0.6) is 5.75 Å². The summed E-state index contributed by atoms with van der Waals surface area (Å²) in [5.41, 5.74) is 2.93. The average molecular weight is 392 g/mol. The molecule has 5 heteroatoms. The molecule has 0 bridgehead atoms. The molecular weight excluding hydrogens is 362 g/mol. The van der Waals surface area contributed by atoms with Gasteiger partial charge in [0.25, 0.3) is 0 Å². The van der Waals surface area contributed by atoms with E-state index in [1.165, 1.54) is 5.56 Å². The number of rotatable bonds is 7. The van der Waals surface area contributed by atoms with E-state index in [1.54, 1.807) is 11.8 Å². The fourth-order valence-electron chi connectivity index (χ4n) is 4.34. The summed E-state index contributed by atoms with van der Waals surface area (Å²) in [6, 6.07) is 16.3. The molecule has 3 aromatic rings. The van der Waals surface area contributed by atoms with Crippen molar-refractivity contribution >= 4 is 16.7 Å². The summed E-state index contributed by atoms with van der Waals surface area (Å²) in [6.45, 7) is 3.13. The highest BCUT2D eigenvalue weighted by Gasteiger charge is 2.22. The first-order valence-electron chi connectivity index (χ1n) is 10.4. The number of carbonyl (C=O) groups excluding carboxylic acids is 1. The molecule has 1 aliphatic heterocycles. The Kier molecular flexibility index (Phi) is 5.95. The number of nitrogens with zero attached hydrogens (tertiary/aromatic N) is 3. The lowest BCUT2D eigenvalue weighted by Crippen LogP contribution is -2.33. The second kappa shape index (κ2) is 8.78. The van der Waals surface area contributed by atoms with Crippen LogP contribution in [0, 0.1) is 5.92 Å². The zero-order valence-corrected chi connectivity index (χ0v) is 17.3. The molecule has 0 N–H and O–H groups in total. The van der Waals surface area contributed by atoms with E-state index in [4.69, 9.17) is 4.74 Å². The third-order valence-electron chi connectivity index (χ3n) is 6.05. The maximum Gasteiger partial charge on any atom is 0.183 e. The molecule has 0 unspecified atom stereocenters. The lowest BCUT2D eigenvalue weighted by atomic mass is 9.90. The van der Waals surface area contributed by atoms with Gasteiger partial charge in [-0.15, -0.1) is 0 Å². The molecule has 0 radical (unpaired) electrons. The maximum atomic E-state index is 12.8. The van der Waals surface area contributed by atoms with E-state index in [9.17, 15) is 4.79 Å². The number of aromatic nitrogens is 2. The first-order valence-corrected chi connectivity index (χ1v) is 10.4. The number of Topliss-reactive ketones (excluding diaryl/α,β-unsaturated/α-hetero) is 1. The van der Waals surface area contributed by atoms with Gasteiger partial charge in [-0.05, 0) is 62.0 Å². The number of likely N-dealkylation sites (tertiary alicyclic amines) is 1. The Morgan fingerprint density at radius 2 is 1.93 bits per heavy atom. The number of ether oxygens (including phenoxy) is 1. The number of fused-ring (bicyclic) bond motifs is 1. The Balaban J connectivity index is 1.28. The Hall–Kier alpha value is -2.66. The maximum absolute atomic E-state index is 12.8. The fraction of sp³-hybridized carbons (Fsp3) is 0.417. The van der Waals surface area contributed by atoms with Crippen LogP contribution in [-0.2, 0) is 13.6 Å². The Bertz CT molecular complexity index is 987. The molecule has 2 aromatic carbocycles. The number of hydrogen-bond donors (Lipinski definition) is 0. The minimum absolute atomic E-state index is 0.167. The lowest BCUT2D eigenvalue weighted by molar-refractivity contribution is 0.0957. The Morgan fingerprint density at radius 3 is 2.72 bits per heavy atom. The van der Waals surface area contributed by atoms with E-state index < -0.39 is 0 Å². The molecule has 1 aliphatic rings. The van der Waals surface area contributed by atoms with Crippen LogP contribution in [0.3, 0.4) is 0 Å². The predicted octanol–water partition coefficient (Wildman–Crippen LogP) is 4.46. The third-order valence-corrected chi connectivity index (χ3v) is 6.05. The molecule has 0 saturated carbocycles. The highest BCUT2D eigenvalue weighted by Crippen LogP contribution is 2.26. The van der Waals surface area contributed by atoms with E-state index in [2.05, 4.69) is 22.1 Å². The Labute approximate surface area is 172 Å². The highest BCUT2D eigenvalue weighted by molar-refractivity contribution is 6.05. The van der Waals surface area contributed by atoms with Crippen molar-refractivity contribution in [1.82, 2.24) is 14.7 Å². The second-order valence-electron chi connectivity index (χ2n) is 8.02. The van der Waals surface area contributed by atoms with E-state index in [0.29, 0.717) is 18.0 Å². The first-order chi connectivity index (χ1) is 14.1. The summed E-state index contributed by atoms with van der Waals surface area (Å²) < 4.78 is 7.13. The number of methoxy groups -OCH3 is 1. The van der Waals surface area contributed by atoms with Crippen molar-refractivity contribution in [3.8, 4) is 5.75 Å². The van der Waals surface area contributed by atoms with Crippen LogP contribution in [0.2, 0.25) is 0 Å². The van der Waals surface area contributed by atoms with E-state index in [0.717, 1.165) is 55.5 Å². The molecular formula is C24H29N3O2.